The van der Waals surface area contributed by atoms with Gasteiger partial charge < -0.3 is 14.5 Å². The van der Waals surface area contributed by atoms with Crippen LogP contribution in [0.25, 0.3) is 0 Å². The molecule has 1 aliphatic rings. The summed E-state index contributed by atoms with van der Waals surface area (Å²) in [6.45, 7) is 9.76. The van der Waals surface area contributed by atoms with E-state index in [1.54, 1.807) is 4.90 Å². The standard InChI is InChI=1S/C19H28N2O3/c1-5-16(15-9-7-6-8-10-15)17(22)20-11-13-21(14-12-20)18(23)24-19(2,3)4/h6-10,16H,5,11-14H2,1-4H3. The minimum Gasteiger partial charge on any atom is -0.444 e. The zero-order valence-corrected chi connectivity index (χ0v) is 15.1. The van der Waals surface area contributed by atoms with E-state index in [9.17, 15) is 9.59 Å². The number of benzene rings is 1. The van der Waals surface area contributed by atoms with E-state index >= 15 is 0 Å². The molecular formula is C19H28N2O3. The summed E-state index contributed by atoms with van der Waals surface area (Å²) >= 11 is 0. The third-order valence-corrected chi connectivity index (χ3v) is 4.15. The van der Waals surface area contributed by atoms with E-state index in [0.29, 0.717) is 26.2 Å². The van der Waals surface area contributed by atoms with Crippen LogP contribution in [0.1, 0.15) is 45.6 Å². The topological polar surface area (TPSA) is 49.9 Å². The van der Waals surface area contributed by atoms with Crippen molar-refractivity contribution in [1.29, 1.82) is 0 Å². The molecule has 1 heterocycles. The van der Waals surface area contributed by atoms with Crippen LogP contribution in [0.2, 0.25) is 0 Å². The van der Waals surface area contributed by atoms with Gasteiger partial charge >= 0.3 is 6.09 Å². The summed E-state index contributed by atoms with van der Waals surface area (Å²) in [6.07, 6.45) is 0.472. The van der Waals surface area contributed by atoms with Crippen LogP contribution in [0.15, 0.2) is 30.3 Å². The molecule has 1 aromatic rings. The molecule has 1 aromatic carbocycles. The molecule has 0 N–H and O–H groups in total. The van der Waals surface area contributed by atoms with E-state index in [4.69, 9.17) is 4.74 Å². The molecule has 0 bridgehead atoms. The van der Waals surface area contributed by atoms with Gasteiger partial charge in [-0.1, -0.05) is 37.3 Å². The molecule has 0 radical (unpaired) electrons. The van der Waals surface area contributed by atoms with Crippen molar-refractivity contribution in [3.8, 4) is 0 Å². The number of amides is 2. The van der Waals surface area contributed by atoms with Gasteiger partial charge in [0.15, 0.2) is 0 Å². The fourth-order valence-corrected chi connectivity index (χ4v) is 2.89. The van der Waals surface area contributed by atoms with Crippen LogP contribution in [-0.2, 0) is 9.53 Å². The van der Waals surface area contributed by atoms with Crippen molar-refractivity contribution < 1.29 is 14.3 Å². The van der Waals surface area contributed by atoms with Crippen LogP contribution in [0.5, 0.6) is 0 Å². The van der Waals surface area contributed by atoms with Crippen molar-refractivity contribution in [3.05, 3.63) is 35.9 Å². The van der Waals surface area contributed by atoms with Crippen molar-refractivity contribution in [1.82, 2.24) is 9.80 Å². The fourth-order valence-electron chi connectivity index (χ4n) is 2.89. The lowest BCUT2D eigenvalue weighted by molar-refractivity contribution is -0.134. The zero-order chi connectivity index (χ0) is 17.7. The maximum Gasteiger partial charge on any atom is 0.410 e. The highest BCUT2D eigenvalue weighted by Gasteiger charge is 2.30. The fraction of sp³-hybridized carbons (Fsp3) is 0.579. The number of carbonyl (C=O) groups is 2. The van der Waals surface area contributed by atoms with E-state index in [0.717, 1.165) is 12.0 Å². The third-order valence-electron chi connectivity index (χ3n) is 4.15. The van der Waals surface area contributed by atoms with Crippen molar-refractivity contribution in [2.24, 2.45) is 0 Å². The first kappa shape index (κ1) is 18.3. The van der Waals surface area contributed by atoms with E-state index < -0.39 is 5.60 Å². The van der Waals surface area contributed by atoms with Crippen LogP contribution in [0.4, 0.5) is 4.79 Å². The molecule has 2 rings (SSSR count). The lowest BCUT2D eigenvalue weighted by atomic mass is 9.95. The summed E-state index contributed by atoms with van der Waals surface area (Å²) < 4.78 is 5.39. The summed E-state index contributed by atoms with van der Waals surface area (Å²) in [4.78, 5) is 28.5. The quantitative estimate of drug-likeness (QED) is 0.853. The Bertz CT molecular complexity index is 558. The minimum atomic E-state index is -0.495. The molecule has 0 aliphatic carbocycles. The maximum absolute atomic E-state index is 12.8. The van der Waals surface area contributed by atoms with E-state index in [1.807, 2.05) is 62.9 Å². The smallest absolute Gasteiger partial charge is 0.410 e. The first-order valence-corrected chi connectivity index (χ1v) is 8.63. The first-order chi connectivity index (χ1) is 11.3. The average molecular weight is 332 g/mol. The number of ether oxygens (including phenoxy) is 1. The van der Waals surface area contributed by atoms with Gasteiger partial charge in [0.05, 0.1) is 5.92 Å². The van der Waals surface area contributed by atoms with Crippen LogP contribution in [0, 0.1) is 0 Å². The molecule has 1 fully saturated rings. The highest BCUT2D eigenvalue weighted by atomic mass is 16.6. The predicted molar refractivity (Wildman–Crippen MR) is 93.9 cm³/mol. The minimum absolute atomic E-state index is 0.112. The molecule has 0 saturated carbocycles. The largest absolute Gasteiger partial charge is 0.444 e. The Hall–Kier alpha value is -2.04. The molecule has 0 spiro atoms. The van der Waals surface area contributed by atoms with Gasteiger partial charge in [-0.3, -0.25) is 4.79 Å². The molecule has 24 heavy (non-hydrogen) atoms. The molecule has 1 atom stereocenters. The molecule has 1 aliphatic heterocycles. The molecule has 1 saturated heterocycles. The lowest BCUT2D eigenvalue weighted by Gasteiger charge is -2.37. The van der Waals surface area contributed by atoms with E-state index in [2.05, 4.69) is 0 Å². The molecular weight excluding hydrogens is 304 g/mol. The SMILES string of the molecule is CCC(C(=O)N1CCN(C(=O)OC(C)(C)C)CC1)c1ccccc1. The van der Waals surface area contributed by atoms with Gasteiger partial charge in [-0.25, -0.2) is 4.79 Å². The Kier molecular flexibility index (Phi) is 5.86. The summed E-state index contributed by atoms with van der Waals surface area (Å²) in [7, 11) is 0. The Morgan fingerprint density at radius 1 is 1.04 bits per heavy atom. The van der Waals surface area contributed by atoms with Gasteiger partial charge in [-0.2, -0.15) is 0 Å². The zero-order valence-electron chi connectivity index (χ0n) is 15.1. The maximum atomic E-state index is 12.8. The highest BCUT2D eigenvalue weighted by Crippen LogP contribution is 2.23. The Morgan fingerprint density at radius 2 is 1.58 bits per heavy atom. The number of nitrogens with zero attached hydrogens (tertiary/aromatic N) is 2. The third kappa shape index (κ3) is 4.73. The van der Waals surface area contributed by atoms with Gasteiger partial charge in [0.25, 0.3) is 0 Å². The number of piperazine rings is 1. The second kappa shape index (κ2) is 7.69. The van der Waals surface area contributed by atoms with Gasteiger partial charge in [-0.05, 0) is 32.8 Å². The van der Waals surface area contributed by atoms with Crippen molar-refractivity contribution in [2.75, 3.05) is 26.2 Å². The van der Waals surface area contributed by atoms with E-state index in [1.165, 1.54) is 0 Å². The van der Waals surface area contributed by atoms with Crippen molar-refractivity contribution in [3.63, 3.8) is 0 Å². The molecule has 2 amide bonds. The lowest BCUT2D eigenvalue weighted by Crippen LogP contribution is -2.52. The molecule has 5 heteroatoms. The van der Waals surface area contributed by atoms with Gasteiger partial charge in [0.1, 0.15) is 5.60 Å². The second-order valence-electron chi connectivity index (χ2n) is 7.16. The highest BCUT2D eigenvalue weighted by molar-refractivity contribution is 5.84. The Morgan fingerprint density at radius 3 is 2.08 bits per heavy atom. The van der Waals surface area contributed by atoms with E-state index in [-0.39, 0.29) is 17.9 Å². The normalized spacial score (nSPS) is 16.7. The predicted octanol–water partition coefficient (Wildman–Crippen LogP) is 3.26. The summed E-state index contributed by atoms with van der Waals surface area (Å²) in [6, 6.07) is 9.89. The van der Waals surface area contributed by atoms with Gasteiger partial charge in [0, 0.05) is 26.2 Å². The van der Waals surface area contributed by atoms with Gasteiger partial charge in [-0.15, -0.1) is 0 Å². The Balaban J connectivity index is 1.94. The van der Waals surface area contributed by atoms with Crippen LogP contribution < -0.4 is 0 Å². The monoisotopic (exact) mass is 332 g/mol. The molecule has 5 nitrogen and oxygen atoms in total. The van der Waals surface area contributed by atoms with Gasteiger partial charge in [0.2, 0.25) is 5.91 Å². The van der Waals surface area contributed by atoms with Crippen molar-refractivity contribution in [2.45, 2.75) is 45.6 Å². The molecule has 0 aromatic heterocycles. The van der Waals surface area contributed by atoms with Crippen LogP contribution in [0.3, 0.4) is 0 Å². The van der Waals surface area contributed by atoms with Crippen LogP contribution >= 0.6 is 0 Å². The average Bonchev–Trinajstić information content (AvgIpc) is 2.55. The second-order valence-corrected chi connectivity index (χ2v) is 7.16. The number of rotatable bonds is 3. The van der Waals surface area contributed by atoms with Crippen molar-refractivity contribution >= 4 is 12.0 Å². The summed E-state index contributed by atoms with van der Waals surface area (Å²) in [5, 5.41) is 0. The molecule has 132 valence electrons. The number of hydrogen-bond acceptors (Lipinski definition) is 3. The summed E-state index contributed by atoms with van der Waals surface area (Å²) in [5.41, 5.74) is 0.560. The first-order valence-electron chi connectivity index (χ1n) is 8.63. The Labute approximate surface area is 144 Å². The van der Waals surface area contributed by atoms with Crippen LogP contribution in [-0.4, -0.2) is 53.6 Å². The number of hydrogen-bond donors (Lipinski definition) is 0. The number of carbonyl (C=O) groups excluding carboxylic acids is 2. The summed E-state index contributed by atoms with van der Waals surface area (Å²) in [5.74, 6) is 0.0341. The molecule has 1 unspecified atom stereocenters.